The molecule has 0 amide bonds. The second-order valence-electron chi connectivity index (χ2n) is 13.7. The minimum atomic E-state index is -0.252. The van der Waals surface area contributed by atoms with Crippen LogP contribution in [-0.4, -0.2) is 6.71 Å². The molecule has 2 aliphatic heterocycles. The molecule has 2 heterocycles. The Balaban J connectivity index is 1.23. The Morgan fingerprint density at radius 3 is 1.94 bits per heavy atom. The van der Waals surface area contributed by atoms with Crippen LogP contribution in [0.15, 0.2) is 140 Å². The van der Waals surface area contributed by atoms with Crippen molar-refractivity contribution in [3.63, 3.8) is 0 Å². The second-order valence-corrected chi connectivity index (χ2v) is 13.7. The zero-order chi connectivity index (χ0) is 32.1. The van der Waals surface area contributed by atoms with E-state index in [1.54, 1.807) is 0 Å². The number of anilines is 3. The van der Waals surface area contributed by atoms with Crippen molar-refractivity contribution in [2.75, 3.05) is 4.90 Å². The van der Waals surface area contributed by atoms with E-state index in [1.807, 2.05) is 6.07 Å². The molecule has 0 spiro atoms. The Morgan fingerprint density at radius 2 is 1.21 bits per heavy atom. The topological polar surface area (TPSA) is 21.7 Å². The van der Waals surface area contributed by atoms with Crippen molar-refractivity contribution >= 4 is 50.9 Å². The van der Waals surface area contributed by atoms with Gasteiger partial charge in [0.2, 0.25) is 0 Å². The molecule has 228 valence electrons. The molecule has 4 heteroatoms. The van der Waals surface area contributed by atoms with Crippen LogP contribution in [-0.2, 0) is 5.41 Å². The highest BCUT2D eigenvalue weighted by atomic mass is 16.5. The molecule has 0 saturated heterocycles. The van der Waals surface area contributed by atoms with E-state index in [0.29, 0.717) is 0 Å². The van der Waals surface area contributed by atoms with Crippen LogP contribution in [0.1, 0.15) is 30.5 Å². The Bertz CT molecular complexity index is 2410. The van der Waals surface area contributed by atoms with E-state index in [0.717, 1.165) is 45.4 Å². The summed E-state index contributed by atoms with van der Waals surface area (Å²) in [5.41, 5.74) is 13.0. The Hall–Kier alpha value is -5.74. The fourth-order valence-corrected chi connectivity index (χ4v) is 8.42. The van der Waals surface area contributed by atoms with Gasteiger partial charge in [-0.15, -0.1) is 0 Å². The van der Waals surface area contributed by atoms with Crippen LogP contribution in [0.3, 0.4) is 0 Å². The molecule has 7 aromatic rings. The molecule has 1 aliphatic carbocycles. The number of hydrogen-bond acceptors (Lipinski definition) is 3. The standard InChI is InChI=1S/C44H32BNO2/c1-27-14-12-21-35-43(27)48-39-23-13-22-38-42(39)45(35)36-25-33-32(24-40(36)47-38)41-31-20-11-10-19-30(31)37(26-34(41)44(33,2)3)46(28-15-6-4-7-16-28)29-17-8-5-9-18-29/h4-26H,1-3H3. The fourth-order valence-electron chi connectivity index (χ4n) is 8.42. The molecule has 0 radical (unpaired) electrons. The Labute approximate surface area is 281 Å². The summed E-state index contributed by atoms with van der Waals surface area (Å²) in [6.45, 7) is 6.92. The first-order valence-electron chi connectivity index (χ1n) is 16.7. The van der Waals surface area contributed by atoms with Crippen molar-refractivity contribution in [2.24, 2.45) is 0 Å². The maximum Gasteiger partial charge on any atom is 0.260 e. The molecule has 0 saturated carbocycles. The smallest absolute Gasteiger partial charge is 0.260 e. The lowest BCUT2D eigenvalue weighted by Gasteiger charge is -2.34. The van der Waals surface area contributed by atoms with Gasteiger partial charge in [0.05, 0.1) is 5.69 Å². The summed E-state index contributed by atoms with van der Waals surface area (Å²) in [5.74, 6) is 3.63. The SMILES string of the molecule is Cc1cccc2c1Oc1cccc3c1B2c1cc2c(cc1O3)-c1c(cc(N(c3ccccc3)c3ccccc3)c3ccccc13)C2(C)C. The first-order valence-corrected chi connectivity index (χ1v) is 16.7. The lowest BCUT2D eigenvalue weighted by molar-refractivity contribution is 0.462. The summed E-state index contributed by atoms with van der Waals surface area (Å²) in [7, 11) is 0. The largest absolute Gasteiger partial charge is 0.458 e. The number of hydrogen-bond donors (Lipinski definition) is 0. The monoisotopic (exact) mass is 617 g/mol. The van der Waals surface area contributed by atoms with Crippen molar-refractivity contribution in [3.8, 4) is 34.1 Å². The molecule has 48 heavy (non-hydrogen) atoms. The van der Waals surface area contributed by atoms with Crippen LogP contribution < -0.4 is 30.8 Å². The maximum atomic E-state index is 6.78. The molecule has 0 atom stereocenters. The molecule has 0 bridgehead atoms. The number of nitrogens with zero attached hydrogens (tertiary/aromatic N) is 1. The Morgan fingerprint density at radius 1 is 0.562 bits per heavy atom. The van der Waals surface area contributed by atoms with Gasteiger partial charge >= 0.3 is 0 Å². The van der Waals surface area contributed by atoms with Crippen molar-refractivity contribution < 1.29 is 9.47 Å². The van der Waals surface area contributed by atoms with Crippen LogP contribution in [0.4, 0.5) is 17.1 Å². The molecule has 0 unspecified atom stereocenters. The summed E-state index contributed by atoms with van der Waals surface area (Å²) in [6, 6.07) is 50.1. The summed E-state index contributed by atoms with van der Waals surface area (Å²) in [4.78, 5) is 2.40. The average Bonchev–Trinajstić information content (AvgIpc) is 3.34. The van der Waals surface area contributed by atoms with Crippen LogP contribution >= 0.6 is 0 Å². The van der Waals surface area contributed by atoms with Gasteiger partial charge < -0.3 is 14.4 Å². The molecule has 0 N–H and O–H groups in total. The van der Waals surface area contributed by atoms with Crippen molar-refractivity contribution in [1.82, 2.24) is 0 Å². The van der Waals surface area contributed by atoms with E-state index in [4.69, 9.17) is 9.47 Å². The normalized spacial score (nSPS) is 14.2. The highest BCUT2D eigenvalue weighted by Crippen LogP contribution is 2.55. The average molecular weight is 618 g/mol. The highest BCUT2D eigenvalue weighted by molar-refractivity contribution is 6.98. The van der Waals surface area contributed by atoms with Crippen LogP contribution in [0.25, 0.3) is 21.9 Å². The molecule has 10 rings (SSSR count). The third kappa shape index (κ3) is 3.72. The summed E-state index contributed by atoms with van der Waals surface area (Å²) in [6.07, 6.45) is 0. The van der Waals surface area contributed by atoms with E-state index in [9.17, 15) is 0 Å². The van der Waals surface area contributed by atoms with E-state index in [2.05, 4.69) is 159 Å². The zero-order valence-corrected chi connectivity index (χ0v) is 27.1. The molecule has 3 aliphatic rings. The van der Waals surface area contributed by atoms with Gasteiger partial charge in [0.1, 0.15) is 23.0 Å². The van der Waals surface area contributed by atoms with Gasteiger partial charge in [-0.25, -0.2) is 0 Å². The lowest BCUT2D eigenvalue weighted by Crippen LogP contribution is -2.57. The van der Waals surface area contributed by atoms with E-state index < -0.39 is 0 Å². The van der Waals surface area contributed by atoms with Crippen LogP contribution in [0.2, 0.25) is 0 Å². The van der Waals surface area contributed by atoms with Gasteiger partial charge in [-0.2, -0.15) is 0 Å². The minimum Gasteiger partial charge on any atom is -0.458 e. The molecular formula is C44H32BNO2. The number of aryl methyl sites for hydroxylation is 1. The van der Waals surface area contributed by atoms with Crippen LogP contribution in [0, 0.1) is 6.92 Å². The predicted octanol–water partition coefficient (Wildman–Crippen LogP) is 9.65. The first-order chi connectivity index (χ1) is 23.5. The second kappa shape index (κ2) is 9.89. The Kier molecular flexibility index (Phi) is 5.64. The third-order valence-corrected chi connectivity index (χ3v) is 10.7. The molecular weight excluding hydrogens is 585 g/mol. The van der Waals surface area contributed by atoms with Crippen molar-refractivity contribution in [3.05, 3.63) is 156 Å². The van der Waals surface area contributed by atoms with Gasteiger partial charge in [0.15, 0.2) is 0 Å². The summed E-state index contributed by atoms with van der Waals surface area (Å²) < 4.78 is 13.3. The molecule has 0 aromatic heterocycles. The van der Waals surface area contributed by atoms with Crippen LogP contribution in [0.5, 0.6) is 23.0 Å². The van der Waals surface area contributed by atoms with Gasteiger partial charge in [0.25, 0.3) is 6.71 Å². The predicted molar refractivity (Wildman–Crippen MR) is 199 cm³/mol. The van der Waals surface area contributed by atoms with E-state index >= 15 is 0 Å². The van der Waals surface area contributed by atoms with Gasteiger partial charge in [-0.1, -0.05) is 105 Å². The molecule has 0 fully saturated rings. The van der Waals surface area contributed by atoms with Gasteiger partial charge in [-0.05, 0) is 99.6 Å². The fraction of sp³-hybridized carbons (Fsp3) is 0.0909. The molecule has 3 nitrogen and oxygen atoms in total. The number of para-hydroxylation sites is 3. The highest BCUT2D eigenvalue weighted by Gasteiger charge is 2.44. The summed E-state index contributed by atoms with van der Waals surface area (Å²) in [5, 5.41) is 2.47. The first kappa shape index (κ1) is 27.4. The maximum absolute atomic E-state index is 6.78. The zero-order valence-electron chi connectivity index (χ0n) is 27.1. The van der Waals surface area contributed by atoms with E-state index in [1.165, 1.54) is 49.6 Å². The van der Waals surface area contributed by atoms with Gasteiger partial charge in [-0.3, -0.25) is 0 Å². The number of fused-ring (bicyclic) bond motifs is 9. The van der Waals surface area contributed by atoms with E-state index in [-0.39, 0.29) is 12.1 Å². The van der Waals surface area contributed by atoms with Gasteiger partial charge in [0, 0.05) is 27.6 Å². The number of rotatable bonds is 3. The van der Waals surface area contributed by atoms with Crippen molar-refractivity contribution in [1.29, 1.82) is 0 Å². The lowest BCUT2D eigenvalue weighted by atomic mass is 9.34. The number of benzene rings is 7. The molecule has 7 aromatic carbocycles. The summed E-state index contributed by atoms with van der Waals surface area (Å²) >= 11 is 0. The number of ether oxygens (including phenoxy) is 2. The van der Waals surface area contributed by atoms with Crippen molar-refractivity contribution in [2.45, 2.75) is 26.2 Å². The minimum absolute atomic E-state index is 0.0346. The quantitative estimate of drug-likeness (QED) is 0.184. The third-order valence-electron chi connectivity index (χ3n) is 10.7.